The fourth-order valence-corrected chi connectivity index (χ4v) is 2.73. The molecule has 2 aromatic rings. The lowest BCUT2D eigenvalue weighted by Gasteiger charge is -2.15. The molecule has 1 fully saturated rings. The summed E-state index contributed by atoms with van der Waals surface area (Å²) >= 11 is 3.44. The van der Waals surface area contributed by atoms with Crippen LogP contribution < -0.4 is 10.6 Å². The minimum atomic E-state index is -0.954. The van der Waals surface area contributed by atoms with Gasteiger partial charge in [0.25, 0.3) is 0 Å². The number of carbonyl (C=O) groups excluding carboxylic acids is 2. The maximum absolute atomic E-state index is 12.5. The molecule has 120 valence electrons. The molecule has 1 aromatic carbocycles. The standard InChI is InChI=1S/C17H17BrN2O3/c1-11-4-5-12(9-14(11)18)20-16(22)17(6-7-17)15(21)19-10-13-3-2-8-23-13/h2-5,8-9H,6-7,10H2,1H3,(H,19,21)(H,20,22). The molecule has 2 amide bonds. The lowest BCUT2D eigenvalue weighted by Crippen LogP contribution is -2.39. The van der Waals surface area contributed by atoms with Crippen molar-refractivity contribution in [2.45, 2.75) is 26.3 Å². The van der Waals surface area contributed by atoms with Gasteiger partial charge in [-0.15, -0.1) is 0 Å². The molecule has 0 saturated heterocycles. The Bertz CT molecular complexity index is 736. The number of amides is 2. The second-order valence-corrected chi connectivity index (χ2v) is 6.62. The normalized spacial score (nSPS) is 15.0. The molecule has 0 spiro atoms. The van der Waals surface area contributed by atoms with Crippen LogP contribution in [0.2, 0.25) is 0 Å². The maximum Gasteiger partial charge on any atom is 0.240 e. The summed E-state index contributed by atoms with van der Waals surface area (Å²) in [5, 5.41) is 5.61. The van der Waals surface area contributed by atoms with Crippen LogP contribution in [-0.4, -0.2) is 11.8 Å². The molecule has 0 radical (unpaired) electrons. The van der Waals surface area contributed by atoms with Gasteiger partial charge in [0.2, 0.25) is 11.8 Å². The van der Waals surface area contributed by atoms with Crippen molar-refractivity contribution in [2.24, 2.45) is 5.41 Å². The van der Waals surface area contributed by atoms with Gasteiger partial charge in [-0.25, -0.2) is 0 Å². The molecule has 1 aliphatic rings. The molecule has 0 atom stereocenters. The largest absolute Gasteiger partial charge is 0.467 e. The maximum atomic E-state index is 12.5. The van der Waals surface area contributed by atoms with E-state index >= 15 is 0 Å². The van der Waals surface area contributed by atoms with E-state index in [0.717, 1.165) is 10.0 Å². The van der Waals surface area contributed by atoms with E-state index in [9.17, 15) is 9.59 Å². The number of aryl methyl sites for hydroxylation is 1. The second-order valence-electron chi connectivity index (χ2n) is 5.76. The number of furan rings is 1. The summed E-state index contributed by atoms with van der Waals surface area (Å²) in [5.41, 5.74) is 0.808. The van der Waals surface area contributed by atoms with Crippen molar-refractivity contribution in [3.63, 3.8) is 0 Å². The topological polar surface area (TPSA) is 71.3 Å². The van der Waals surface area contributed by atoms with E-state index in [4.69, 9.17) is 4.42 Å². The fraction of sp³-hybridized carbons (Fsp3) is 0.294. The second kappa shape index (κ2) is 6.20. The Balaban J connectivity index is 1.63. The number of anilines is 1. The van der Waals surface area contributed by atoms with E-state index in [-0.39, 0.29) is 18.4 Å². The molecule has 0 unspecified atom stereocenters. The summed E-state index contributed by atoms with van der Waals surface area (Å²) in [6.45, 7) is 2.26. The van der Waals surface area contributed by atoms with Gasteiger partial charge in [-0.2, -0.15) is 0 Å². The van der Waals surface area contributed by atoms with Crippen LogP contribution in [0.1, 0.15) is 24.2 Å². The third kappa shape index (κ3) is 3.32. The van der Waals surface area contributed by atoms with Gasteiger partial charge in [-0.05, 0) is 49.6 Å². The highest BCUT2D eigenvalue weighted by molar-refractivity contribution is 9.10. The van der Waals surface area contributed by atoms with E-state index in [2.05, 4.69) is 26.6 Å². The third-order valence-electron chi connectivity index (χ3n) is 4.05. The molecule has 3 rings (SSSR count). The Morgan fingerprint density at radius 3 is 2.65 bits per heavy atom. The van der Waals surface area contributed by atoms with Crippen LogP contribution in [0.4, 0.5) is 5.69 Å². The average molecular weight is 377 g/mol. The lowest BCUT2D eigenvalue weighted by molar-refractivity contribution is -0.134. The average Bonchev–Trinajstić information content (AvgIpc) is 3.18. The van der Waals surface area contributed by atoms with Gasteiger partial charge >= 0.3 is 0 Å². The van der Waals surface area contributed by atoms with Crippen LogP contribution >= 0.6 is 15.9 Å². The molecule has 0 aliphatic heterocycles. The molecule has 23 heavy (non-hydrogen) atoms. The number of rotatable bonds is 5. The van der Waals surface area contributed by atoms with Crippen LogP contribution in [0.15, 0.2) is 45.5 Å². The predicted octanol–water partition coefficient (Wildman–Crippen LogP) is 3.39. The van der Waals surface area contributed by atoms with Crippen molar-refractivity contribution in [3.8, 4) is 0 Å². The van der Waals surface area contributed by atoms with E-state index in [1.165, 1.54) is 0 Å². The molecule has 1 saturated carbocycles. The molecule has 1 heterocycles. The van der Waals surface area contributed by atoms with Gasteiger partial charge in [0.15, 0.2) is 0 Å². The van der Waals surface area contributed by atoms with Crippen LogP contribution in [0.5, 0.6) is 0 Å². The minimum Gasteiger partial charge on any atom is -0.467 e. The monoisotopic (exact) mass is 376 g/mol. The summed E-state index contributed by atoms with van der Waals surface area (Å²) in [7, 11) is 0. The molecule has 1 aliphatic carbocycles. The van der Waals surface area contributed by atoms with Crippen molar-refractivity contribution in [2.75, 3.05) is 5.32 Å². The van der Waals surface area contributed by atoms with Crippen LogP contribution in [-0.2, 0) is 16.1 Å². The van der Waals surface area contributed by atoms with E-state index in [1.54, 1.807) is 18.4 Å². The molecular weight excluding hydrogens is 360 g/mol. The number of halogens is 1. The van der Waals surface area contributed by atoms with E-state index in [1.807, 2.05) is 25.1 Å². The molecule has 1 aromatic heterocycles. The van der Waals surface area contributed by atoms with Gasteiger partial charge in [-0.1, -0.05) is 22.0 Å². The first-order chi connectivity index (χ1) is 11.0. The third-order valence-corrected chi connectivity index (χ3v) is 4.91. The molecule has 2 N–H and O–H groups in total. The summed E-state index contributed by atoms with van der Waals surface area (Å²) in [5.74, 6) is 0.153. The van der Waals surface area contributed by atoms with Crippen LogP contribution in [0.3, 0.4) is 0 Å². The van der Waals surface area contributed by atoms with Gasteiger partial charge in [-0.3, -0.25) is 9.59 Å². The summed E-state index contributed by atoms with van der Waals surface area (Å²) in [4.78, 5) is 24.8. The molecule has 5 nitrogen and oxygen atoms in total. The zero-order valence-electron chi connectivity index (χ0n) is 12.7. The van der Waals surface area contributed by atoms with Gasteiger partial charge in [0.1, 0.15) is 11.2 Å². The smallest absolute Gasteiger partial charge is 0.240 e. The van der Waals surface area contributed by atoms with Gasteiger partial charge < -0.3 is 15.1 Å². The zero-order chi connectivity index (χ0) is 16.4. The summed E-state index contributed by atoms with van der Waals surface area (Å²) in [6.07, 6.45) is 2.68. The highest BCUT2D eigenvalue weighted by Gasteiger charge is 2.56. The van der Waals surface area contributed by atoms with E-state index in [0.29, 0.717) is 24.3 Å². The van der Waals surface area contributed by atoms with Crippen molar-refractivity contribution in [3.05, 3.63) is 52.4 Å². The molecule has 6 heteroatoms. The quantitative estimate of drug-likeness (QED) is 0.785. The summed E-state index contributed by atoms with van der Waals surface area (Å²) in [6, 6.07) is 9.12. The number of hydrogen-bond acceptors (Lipinski definition) is 3. The van der Waals surface area contributed by atoms with Crippen molar-refractivity contribution in [1.82, 2.24) is 5.32 Å². The highest BCUT2D eigenvalue weighted by atomic mass is 79.9. The fourth-order valence-electron chi connectivity index (χ4n) is 2.35. The Morgan fingerprint density at radius 2 is 2.04 bits per heavy atom. The number of hydrogen-bond donors (Lipinski definition) is 2. The van der Waals surface area contributed by atoms with Crippen molar-refractivity contribution in [1.29, 1.82) is 0 Å². The Morgan fingerprint density at radius 1 is 1.26 bits per heavy atom. The Hall–Kier alpha value is -2.08. The summed E-state index contributed by atoms with van der Waals surface area (Å²) < 4.78 is 6.10. The van der Waals surface area contributed by atoms with Crippen molar-refractivity contribution >= 4 is 33.4 Å². The van der Waals surface area contributed by atoms with Crippen LogP contribution in [0.25, 0.3) is 0 Å². The van der Waals surface area contributed by atoms with Crippen LogP contribution in [0, 0.1) is 12.3 Å². The zero-order valence-corrected chi connectivity index (χ0v) is 14.3. The molecular formula is C17H17BrN2O3. The molecule has 0 bridgehead atoms. The first kappa shape index (κ1) is 15.8. The van der Waals surface area contributed by atoms with Gasteiger partial charge in [0, 0.05) is 10.2 Å². The number of nitrogens with one attached hydrogen (secondary N) is 2. The SMILES string of the molecule is Cc1ccc(NC(=O)C2(C(=O)NCc3ccco3)CC2)cc1Br. The predicted molar refractivity (Wildman–Crippen MR) is 89.7 cm³/mol. The van der Waals surface area contributed by atoms with E-state index < -0.39 is 5.41 Å². The minimum absolute atomic E-state index is 0.252. The first-order valence-electron chi connectivity index (χ1n) is 7.39. The van der Waals surface area contributed by atoms with Crippen molar-refractivity contribution < 1.29 is 14.0 Å². The van der Waals surface area contributed by atoms with Gasteiger partial charge in [0.05, 0.1) is 12.8 Å². The number of benzene rings is 1. The number of carbonyl (C=O) groups is 2. The highest BCUT2D eigenvalue weighted by Crippen LogP contribution is 2.47. The lowest BCUT2D eigenvalue weighted by atomic mass is 10.0. The Kier molecular flexibility index (Phi) is 4.26. The first-order valence-corrected chi connectivity index (χ1v) is 8.19. The Labute approximate surface area is 142 Å².